The molecule has 17 nitrogen and oxygen atoms in total. The fraction of sp³-hybridized carbons (Fsp3) is 0.525. The number of nitrogens with zero attached hydrogens (tertiary/aromatic N) is 3. The van der Waals surface area contributed by atoms with E-state index in [1.807, 2.05) is 0 Å². The van der Waals surface area contributed by atoms with Crippen molar-refractivity contribution in [3.8, 4) is 11.5 Å². The van der Waals surface area contributed by atoms with Gasteiger partial charge in [-0.25, -0.2) is 18.4 Å². The van der Waals surface area contributed by atoms with Crippen LogP contribution in [0.15, 0.2) is 36.4 Å². The molecule has 0 radical (unpaired) electrons. The topological polar surface area (TPSA) is 205 Å². The fourth-order valence-electron chi connectivity index (χ4n) is 8.46. The van der Waals surface area contributed by atoms with Crippen LogP contribution in [0.4, 0.5) is 19.3 Å². The number of halogens is 2. The summed E-state index contributed by atoms with van der Waals surface area (Å²) in [4.78, 5) is 102. The Morgan fingerprint density at radius 3 is 2.17 bits per heavy atom. The minimum atomic E-state index is -1.64. The Labute approximate surface area is 338 Å². The number of rotatable bonds is 6. The van der Waals surface area contributed by atoms with E-state index in [0.717, 1.165) is 12.1 Å². The monoisotopic (exact) mass is 823 g/mol. The van der Waals surface area contributed by atoms with E-state index in [1.165, 1.54) is 40.7 Å². The summed E-state index contributed by atoms with van der Waals surface area (Å²) in [5, 5.41) is 10.5. The first-order valence-electron chi connectivity index (χ1n) is 19.9. The first kappa shape index (κ1) is 41.2. The molecule has 19 heteroatoms. The molecule has 4 fully saturated rings. The fourth-order valence-corrected chi connectivity index (χ4v) is 8.46. The van der Waals surface area contributed by atoms with Crippen LogP contribution in [-0.4, -0.2) is 125 Å². The second-order valence-corrected chi connectivity index (χ2v) is 15.5. The second kappa shape index (κ2) is 17.5. The number of anilines is 1. The average Bonchev–Trinajstić information content (AvgIpc) is 3.99. The van der Waals surface area contributed by atoms with Crippen molar-refractivity contribution >= 4 is 47.2 Å². The van der Waals surface area contributed by atoms with Crippen molar-refractivity contribution in [2.45, 2.75) is 108 Å². The summed E-state index contributed by atoms with van der Waals surface area (Å²) in [6.07, 6.45) is 1.19. The van der Waals surface area contributed by atoms with E-state index in [9.17, 15) is 42.3 Å². The van der Waals surface area contributed by atoms with E-state index in [2.05, 4.69) is 21.3 Å². The predicted octanol–water partition coefficient (Wildman–Crippen LogP) is 1.72. The van der Waals surface area contributed by atoms with E-state index >= 15 is 0 Å². The maximum atomic E-state index is 14.7. The first-order valence-corrected chi connectivity index (χ1v) is 19.9. The van der Waals surface area contributed by atoms with Gasteiger partial charge in [0.25, 0.3) is 0 Å². The van der Waals surface area contributed by atoms with Gasteiger partial charge in [0.05, 0.1) is 0 Å². The molecular formula is C40H47F2N7O10. The van der Waals surface area contributed by atoms with Gasteiger partial charge in [0.1, 0.15) is 54.0 Å². The molecule has 0 aromatic heterocycles. The maximum Gasteiger partial charge on any atom is 0.329 e. The van der Waals surface area contributed by atoms with Gasteiger partial charge < -0.3 is 50.2 Å². The number of benzene rings is 2. The van der Waals surface area contributed by atoms with Crippen molar-refractivity contribution in [3.05, 3.63) is 53.6 Å². The lowest BCUT2D eigenvalue weighted by molar-refractivity contribution is -0.163. The van der Waals surface area contributed by atoms with Crippen molar-refractivity contribution in [1.29, 1.82) is 0 Å². The van der Waals surface area contributed by atoms with Crippen LogP contribution in [0.1, 0.15) is 64.4 Å². The van der Waals surface area contributed by atoms with Crippen molar-refractivity contribution < 1.29 is 56.6 Å². The minimum Gasteiger partial charge on any atom is -0.458 e. The summed E-state index contributed by atoms with van der Waals surface area (Å²) in [6, 6.07) is -0.836. The minimum absolute atomic E-state index is 0.000342. The zero-order valence-electron chi connectivity index (χ0n) is 32.7. The van der Waals surface area contributed by atoms with Crippen molar-refractivity contribution in [3.63, 3.8) is 0 Å². The molecule has 2 aromatic carbocycles. The predicted molar refractivity (Wildman–Crippen MR) is 202 cm³/mol. The van der Waals surface area contributed by atoms with Crippen LogP contribution in [0.3, 0.4) is 0 Å². The Balaban J connectivity index is 1.19. The Kier molecular flexibility index (Phi) is 12.2. The SMILES string of the molecule is CC1NC(=O)C2CCCCN2C(=O)C2CCCN2C(=O)C(NC(=O)C(Cc2cc(F)cc(F)c2)NC(=O)Nc2ccc3c(c2)OCO3)C(C)OC(=O)C2CCCN2C1=O. The molecular weight excluding hydrogens is 776 g/mol. The summed E-state index contributed by atoms with van der Waals surface area (Å²) in [5.74, 6) is -5.12. The molecule has 59 heavy (non-hydrogen) atoms. The third-order valence-electron chi connectivity index (χ3n) is 11.4. The molecule has 5 aliphatic heterocycles. The molecule has 4 saturated heterocycles. The highest BCUT2D eigenvalue weighted by molar-refractivity contribution is 5.99. The number of hydrogen-bond donors (Lipinski definition) is 4. The highest BCUT2D eigenvalue weighted by Crippen LogP contribution is 2.34. The molecule has 5 heterocycles. The number of amides is 7. The van der Waals surface area contributed by atoms with Gasteiger partial charge >= 0.3 is 12.0 Å². The third kappa shape index (κ3) is 9.02. The van der Waals surface area contributed by atoms with Crippen molar-refractivity contribution in [2.24, 2.45) is 0 Å². The van der Waals surface area contributed by atoms with Crippen LogP contribution in [0.5, 0.6) is 11.5 Å². The molecule has 0 bridgehead atoms. The largest absolute Gasteiger partial charge is 0.458 e. The van der Waals surface area contributed by atoms with Crippen molar-refractivity contribution in [2.75, 3.05) is 31.7 Å². The molecule has 0 saturated carbocycles. The zero-order chi connectivity index (χ0) is 42.0. The number of nitrogens with one attached hydrogen (secondary N) is 4. The smallest absolute Gasteiger partial charge is 0.329 e. The van der Waals surface area contributed by atoms with Crippen molar-refractivity contribution in [1.82, 2.24) is 30.7 Å². The molecule has 7 atom stereocenters. The molecule has 7 amide bonds. The highest BCUT2D eigenvalue weighted by atomic mass is 19.1. The van der Waals surface area contributed by atoms with E-state index in [1.54, 1.807) is 6.07 Å². The molecule has 0 spiro atoms. The van der Waals surface area contributed by atoms with Gasteiger partial charge in [-0.1, -0.05) is 0 Å². The van der Waals surface area contributed by atoms with Gasteiger partial charge in [-0.05, 0) is 88.6 Å². The Hall–Kier alpha value is -6.01. The number of hydrogen-bond acceptors (Lipinski definition) is 10. The number of carbonyl (C=O) groups is 7. The quantitative estimate of drug-likeness (QED) is 0.311. The van der Waals surface area contributed by atoms with Crippen LogP contribution in [-0.2, 0) is 39.9 Å². The number of piperidine rings is 1. The summed E-state index contributed by atoms with van der Waals surface area (Å²) in [5.41, 5.74) is 0.267. The average molecular weight is 824 g/mol. The maximum absolute atomic E-state index is 14.7. The lowest BCUT2D eigenvalue weighted by Crippen LogP contribution is -2.63. The van der Waals surface area contributed by atoms with E-state index in [4.69, 9.17) is 14.2 Å². The molecule has 0 aliphatic carbocycles. The lowest BCUT2D eigenvalue weighted by atomic mass is 9.99. The first-order chi connectivity index (χ1) is 28.3. The summed E-state index contributed by atoms with van der Waals surface area (Å²) >= 11 is 0. The Morgan fingerprint density at radius 2 is 1.42 bits per heavy atom. The zero-order valence-corrected chi connectivity index (χ0v) is 32.7. The lowest BCUT2D eigenvalue weighted by Gasteiger charge is -2.39. The van der Waals surface area contributed by atoms with Gasteiger partial charge in [-0.2, -0.15) is 0 Å². The van der Waals surface area contributed by atoms with Crippen LogP contribution < -0.4 is 30.7 Å². The van der Waals surface area contributed by atoms with Gasteiger partial charge in [-0.3, -0.25) is 24.0 Å². The Morgan fingerprint density at radius 1 is 0.780 bits per heavy atom. The van der Waals surface area contributed by atoms with E-state index in [0.29, 0.717) is 49.7 Å². The number of cyclic esters (lactones) is 1. The van der Waals surface area contributed by atoms with E-state index in [-0.39, 0.29) is 50.5 Å². The standard InChI is InChI=1S/C40H47F2N7O10/c1-21-36(52)49-14-6-9-30(49)39(55)59-22(2)33(38(54)48-13-5-8-29(48)37(53)47-12-4-3-7-28(47)35(51)43-21)46-34(50)27(17-23-15-24(41)18-25(42)16-23)45-40(56)44-26-10-11-31-32(19-26)58-20-57-31/h10-11,15-16,18-19,21-22,27-30,33H,3-9,12-14,17,20H2,1-2H3,(H,43,51)(H,46,50)(H2,44,45,56). The number of carbonyl (C=O) groups excluding carboxylic acids is 7. The Bertz CT molecular complexity index is 2000. The molecule has 316 valence electrons. The number of fused-ring (bicyclic) bond motifs is 4. The molecule has 4 N–H and O–H groups in total. The summed E-state index contributed by atoms with van der Waals surface area (Å²) in [7, 11) is 0. The second-order valence-electron chi connectivity index (χ2n) is 15.5. The van der Waals surface area contributed by atoms with Gasteiger partial charge in [-0.15, -0.1) is 0 Å². The van der Waals surface area contributed by atoms with Gasteiger partial charge in [0, 0.05) is 43.9 Å². The normalized spacial score (nSPS) is 26.6. The van der Waals surface area contributed by atoms with Crippen LogP contribution in [0.25, 0.3) is 0 Å². The molecule has 5 aliphatic rings. The van der Waals surface area contributed by atoms with Crippen LogP contribution in [0, 0.1) is 11.6 Å². The summed E-state index contributed by atoms with van der Waals surface area (Å²) < 4.78 is 45.2. The highest BCUT2D eigenvalue weighted by Gasteiger charge is 2.46. The van der Waals surface area contributed by atoms with Gasteiger partial charge in [0.2, 0.25) is 36.3 Å². The molecule has 7 rings (SSSR count). The number of esters is 1. The molecule has 2 aromatic rings. The number of ether oxygens (including phenoxy) is 3. The third-order valence-corrected chi connectivity index (χ3v) is 11.4. The summed E-state index contributed by atoms with van der Waals surface area (Å²) in [6.45, 7) is 3.46. The van der Waals surface area contributed by atoms with E-state index < -0.39 is 102 Å². The number of urea groups is 1. The van der Waals surface area contributed by atoms with Crippen LogP contribution in [0.2, 0.25) is 0 Å². The molecule has 7 unspecified atom stereocenters. The van der Waals surface area contributed by atoms with Gasteiger partial charge in [0.15, 0.2) is 11.5 Å². The van der Waals surface area contributed by atoms with Crippen LogP contribution >= 0.6 is 0 Å².